The highest BCUT2D eigenvalue weighted by Crippen LogP contribution is 2.29. The number of rotatable bonds is 4. The number of hydrogen-bond acceptors (Lipinski definition) is 4. The third kappa shape index (κ3) is 6.81. The molecule has 0 atom stereocenters. The second kappa shape index (κ2) is 12.0. The average Bonchev–Trinajstić information content (AvgIpc) is 2.81. The Morgan fingerprint density at radius 2 is 1.79 bits per heavy atom. The number of aromatic nitrogens is 1. The highest BCUT2D eigenvalue weighted by Gasteiger charge is 2.19. The Hall–Kier alpha value is -2.89. The number of nitrogens with zero attached hydrogens (tertiary/aromatic N) is 3. The Bertz CT molecular complexity index is 1090. The Kier molecular flexibility index (Phi) is 8.56. The molecule has 1 aromatic heterocycles. The molecule has 6 heteroatoms. The van der Waals surface area contributed by atoms with Crippen LogP contribution < -0.4 is 10.2 Å². The lowest BCUT2D eigenvalue weighted by Gasteiger charge is -2.29. The van der Waals surface area contributed by atoms with Gasteiger partial charge in [0.25, 0.3) is 0 Å². The van der Waals surface area contributed by atoms with Crippen LogP contribution in [0.5, 0.6) is 0 Å². The van der Waals surface area contributed by atoms with Crippen LogP contribution in [0.2, 0.25) is 5.02 Å². The summed E-state index contributed by atoms with van der Waals surface area (Å²) in [7, 11) is 0. The number of pyridine rings is 1. The van der Waals surface area contributed by atoms with E-state index in [0.29, 0.717) is 0 Å². The molecular formula is C28H33ClN4O. The number of anilines is 3. The molecule has 1 N–H and O–H groups in total. The van der Waals surface area contributed by atoms with Crippen molar-refractivity contribution in [3.8, 4) is 0 Å². The van der Waals surface area contributed by atoms with E-state index in [4.69, 9.17) is 11.6 Å². The van der Waals surface area contributed by atoms with Gasteiger partial charge in [-0.3, -0.25) is 9.69 Å². The molecule has 1 amide bonds. The van der Waals surface area contributed by atoms with Crippen LogP contribution in [0.4, 0.5) is 17.2 Å². The SMILES string of the molecule is CC(=O)N1CCCCCCCN(Cc2cccc(Cl)c2)Cc2cc(Nc3ccccn3)ccc21. The third-order valence-electron chi connectivity index (χ3n) is 6.23. The van der Waals surface area contributed by atoms with Crippen molar-refractivity contribution in [2.24, 2.45) is 0 Å². The van der Waals surface area contributed by atoms with Gasteiger partial charge in [-0.05, 0) is 73.0 Å². The quantitative estimate of drug-likeness (QED) is 0.450. The van der Waals surface area contributed by atoms with E-state index in [1.807, 2.05) is 47.4 Å². The van der Waals surface area contributed by atoms with Gasteiger partial charge < -0.3 is 10.2 Å². The van der Waals surface area contributed by atoms with Crippen molar-refractivity contribution >= 4 is 34.7 Å². The normalized spacial score (nSPS) is 15.6. The summed E-state index contributed by atoms with van der Waals surface area (Å²) >= 11 is 6.26. The number of benzene rings is 2. The van der Waals surface area contributed by atoms with E-state index in [-0.39, 0.29) is 5.91 Å². The van der Waals surface area contributed by atoms with Crippen molar-refractivity contribution in [3.05, 3.63) is 83.0 Å². The van der Waals surface area contributed by atoms with Crippen molar-refractivity contribution in [1.82, 2.24) is 9.88 Å². The van der Waals surface area contributed by atoms with Gasteiger partial charge in [0.05, 0.1) is 0 Å². The van der Waals surface area contributed by atoms with Crippen LogP contribution in [0.15, 0.2) is 66.9 Å². The lowest BCUT2D eigenvalue weighted by atomic mass is 10.1. The van der Waals surface area contributed by atoms with Crippen molar-refractivity contribution in [1.29, 1.82) is 0 Å². The molecule has 3 aromatic rings. The lowest BCUT2D eigenvalue weighted by molar-refractivity contribution is -0.116. The topological polar surface area (TPSA) is 48.5 Å². The molecule has 2 heterocycles. The summed E-state index contributed by atoms with van der Waals surface area (Å²) < 4.78 is 0. The van der Waals surface area contributed by atoms with Crippen LogP contribution in [0.1, 0.15) is 50.2 Å². The zero-order valence-corrected chi connectivity index (χ0v) is 20.6. The molecule has 0 saturated heterocycles. The maximum Gasteiger partial charge on any atom is 0.223 e. The monoisotopic (exact) mass is 476 g/mol. The smallest absolute Gasteiger partial charge is 0.223 e. The summed E-state index contributed by atoms with van der Waals surface area (Å²) in [4.78, 5) is 21.4. The molecule has 0 unspecified atom stereocenters. The zero-order chi connectivity index (χ0) is 23.8. The molecule has 1 aliphatic rings. The van der Waals surface area contributed by atoms with Crippen molar-refractivity contribution in [2.75, 3.05) is 23.3 Å². The number of carbonyl (C=O) groups excluding carboxylic acids is 1. The Morgan fingerprint density at radius 1 is 0.971 bits per heavy atom. The van der Waals surface area contributed by atoms with E-state index >= 15 is 0 Å². The highest BCUT2D eigenvalue weighted by atomic mass is 35.5. The summed E-state index contributed by atoms with van der Waals surface area (Å²) in [5.74, 6) is 0.889. The number of nitrogens with one attached hydrogen (secondary N) is 1. The van der Waals surface area contributed by atoms with Gasteiger partial charge in [0.15, 0.2) is 0 Å². The first-order valence-corrected chi connectivity index (χ1v) is 12.5. The largest absolute Gasteiger partial charge is 0.340 e. The van der Waals surface area contributed by atoms with Gasteiger partial charge in [-0.1, -0.05) is 49.1 Å². The fourth-order valence-corrected chi connectivity index (χ4v) is 4.78. The molecule has 5 nitrogen and oxygen atoms in total. The molecule has 0 radical (unpaired) electrons. The van der Waals surface area contributed by atoms with E-state index in [0.717, 1.165) is 73.2 Å². The highest BCUT2D eigenvalue weighted by molar-refractivity contribution is 6.30. The maximum absolute atomic E-state index is 12.6. The molecule has 0 bridgehead atoms. The van der Waals surface area contributed by atoms with Crippen LogP contribution in [-0.2, 0) is 17.9 Å². The maximum atomic E-state index is 12.6. The van der Waals surface area contributed by atoms with Crippen LogP contribution in [0, 0.1) is 0 Å². The van der Waals surface area contributed by atoms with E-state index in [1.54, 1.807) is 13.1 Å². The summed E-state index contributed by atoms with van der Waals surface area (Å²) in [6.45, 7) is 4.99. The molecule has 0 aliphatic carbocycles. The molecular weight excluding hydrogens is 444 g/mol. The molecule has 0 spiro atoms. The third-order valence-corrected chi connectivity index (χ3v) is 6.47. The van der Waals surface area contributed by atoms with Gasteiger partial charge in [0.2, 0.25) is 5.91 Å². The van der Waals surface area contributed by atoms with Gasteiger partial charge >= 0.3 is 0 Å². The molecule has 1 aliphatic heterocycles. The summed E-state index contributed by atoms with van der Waals surface area (Å²) in [5, 5.41) is 4.17. The molecule has 4 rings (SSSR count). The number of carbonyl (C=O) groups is 1. The summed E-state index contributed by atoms with van der Waals surface area (Å²) in [5.41, 5.74) is 4.30. The van der Waals surface area contributed by atoms with E-state index < -0.39 is 0 Å². The number of amides is 1. The van der Waals surface area contributed by atoms with E-state index in [2.05, 4.69) is 33.4 Å². The summed E-state index contributed by atoms with van der Waals surface area (Å²) in [6, 6.07) is 20.2. The van der Waals surface area contributed by atoms with Gasteiger partial charge in [0.1, 0.15) is 5.82 Å². The molecule has 178 valence electrons. The Labute approximate surface area is 207 Å². The predicted molar refractivity (Wildman–Crippen MR) is 141 cm³/mol. The Morgan fingerprint density at radius 3 is 2.56 bits per heavy atom. The van der Waals surface area contributed by atoms with Gasteiger partial charge in [0, 0.05) is 49.2 Å². The predicted octanol–water partition coefficient (Wildman–Crippen LogP) is 6.80. The van der Waals surface area contributed by atoms with E-state index in [1.165, 1.54) is 18.4 Å². The fraction of sp³-hybridized carbons (Fsp3) is 0.357. The number of fused-ring (bicyclic) bond motifs is 1. The molecule has 34 heavy (non-hydrogen) atoms. The second-order valence-electron chi connectivity index (χ2n) is 8.96. The van der Waals surface area contributed by atoms with Gasteiger partial charge in [-0.2, -0.15) is 0 Å². The molecule has 2 aromatic carbocycles. The average molecular weight is 477 g/mol. The first-order valence-electron chi connectivity index (χ1n) is 12.1. The standard InChI is InChI=1S/C28H33ClN4O/c1-22(34)33-17-8-4-2-3-7-16-32(20-23-10-9-11-25(29)18-23)21-24-19-26(13-14-27(24)33)31-28-12-5-6-15-30-28/h5-6,9-15,18-19H,2-4,7-8,16-17,20-21H2,1H3,(H,30,31). The minimum absolute atomic E-state index is 0.0881. The van der Waals surface area contributed by atoms with Crippen molar-refractivity contribution in [2.45, 2.75) is 52.1 Å². The van der Waals surface area contributed by atoms with Crippen LogP contribution in [0.3, 0.4) is 0 Å². The summed E-state index contributed by atoms with van der Waals surface area (Å²) in [6.07, 6.45) is 7.53. The van der Waals surface area contributed by atoms with Crippen LogP contribution >= 0.6 is 11.6 Å². The van der Waals surface area contributed by atoms with Crippen molar-refractivity contribution < 1.29 is 4.79 Å². The van der Waals surface area contributed by atoms with Crippen LogP contribution in [-0.4, -0.2) is 28.9 Å². The number of hydrogen-bond donors (Lipinski definition) is 1. The first-order chi connectivity index (χ1) is 16.6. The van der Waals surface area contributed by atoms with Crippen molar-refractivity contribution in [3.63, 3.8) is 0 Å². The minimum Gasteiger partial charge on any atom is -0.340 e. The Balaban J connectivity index is 1.67. The lowest BCUT2D eigenvalue weighted by Crippen LogP contribution is -2.32. The second-order valence-corrected chi connectivity index (χ2v) is 9.40. The minimum atomic E-state index is 0.0881. The number of halogens is 1. The van der Waals surface area contributed by atoms with E-state index in [9.17, 15) is 4.79 Å². The van der Waals surface area contributed by atoms with Gasteiger partial charge in [-0.15, -0.1) is 0 Å². The molecule has 0 saturated carbocycles. The molecule has 0 fully saturated rings. The fourth-order valence-electron chi connectivity index (χ4n) is 4.57. The first kappa shape index (κ1) is 24.2. The van der Waals surface area contributed by atoms with Crippen LogP contribution in [0.25, 0.3) is 0 Å². The van der Waals surface area contributed by atoms with Gasteiger partial charge in [-0.25, -0.2) is 4.98 Å². The zero-order valence-electron chi connectivity index (χ0n) is 19.8.